The van der Waals surface area contributed by atoms with Gasteiger partial charge in [0.25, 0.3) is 0 Å². The Morgan fingerprint density at radius 1 is 0.833 bits per heavy atom. The lowest BCUT2D eigenvalue weighted by molar-refractivity contribution is 0.452. The van der Waals surface area contributed by atoms with Crippen molar-refractivity contribution >= 4 is 17.1 Å². The Morgan fingerprint density at radius 2 is 1.44 bits per heavy atom. The summed E-state index contributed by atoms with van der Waals surface area (Å²) in [6.07, 6.45) is 0. The van der Waals surface area contributed by atoms with E-state index in [1.807, 2.05) is 0 Å². The molecule has 92 valence electrons. The van der Waals surface area contributed by atoms with Gasteiger partial charge in [-0.1, -0.05) is 12.1 Å². The maximum absolute atomic E-state index is 9.61. The first-order chi connectivity index (χ1) is 8.59. The van der Waals surface area contributed by atoms with E-state index in [0.717, 1.165) is 0 Å². The highest BCUT2D eigenvalue weighted by Crippen LogP contribution is 2.38. The van der Waals surface area contributed by atoms with E-state index in [1.165, 1.54) is 30.3 Å². The third-order valence-corrected chi connectivity index (χ3v) is 2.30. The van der Waals surface area contributed by atoms with Crippen LogP contribution in [-0.2, 0) is 0 Å². The van der Waals surface area contributed by atoms with Gasteiger partial charge in [-0.05, 0) is 24.3 Å². The minimum Gasteiger partial charge on any atom is -0.505 e. The highest BCUT2D eigenvalue weighted by atomic mass is 16.3. The molecule has 0 saturated carbocycles. The van der Waals surface area contributed by atoms with Crippen LogP contribution in [0.1, 0.15) is 0 Å². The molecule has 6 nitrogen and oxygen atoms in total. The van der Waals surface area contributed by atoms with Crippen LogP contribution in [0, 0.1) is 0 Å². The lowest BCUT2D eigenvalue weighted by atomic mass is 10.2. The van der Waals surface area contributed by atoms with Crippen LogP contribution in [0.5, 0.6) is 17.2 Å². The molecular formula is C12H11N3O3. The summed E-state index contributed by atoms with van der Waals surface area (Å²) in [5, 5.41) is 36.0. The summed E-state index contributed by atoms with van der Waals surface area (Å²) in [5.41, 5.74) is 5.75. The van der Waals surface area contributed by atoms with Crippen molar-refractivity contribution in [2.24, 2.45) is 10.2 Å². The molecule has 0 aliphatic rings. The van der Waals surface area contributed by atoms with E-state index in [2.05, 4.69) is 10.2 Å². The molecule has 2 aromatic carbocycles. The van der Waals surface area contributed by atoms with Crippen molar-refractivity contribution in [3.63, 3.8) is 0 Å². The van der Waals surface area contributed by atoms with Crippen molar-refractivity contribution in [3.8, 4) is 17.2 Å². The Balaban J connectivity index is 2.39. The van der Waals surface area contributed by atoms with Gasteiger partial charge in [0.1, 0.15) is 17.2 Å². The Hall–Kier alpha value is -2.76. The molecule has 0 unspecified atom stereocenters. The molecule has 0 aliphatic heterocycles. The summed E-state index contributed by atoms with van der Waals surface area (Å²) in [5.74, 6) is -0.611. The fourth-order valence-corrected chi connectivity index (χ4v) is 1.36. The zero-order chi connectivity index (χ0) is 13.1. The quantitative estimate of drug-likeness (QED) is 0.370. The molecule has 0 aliphatic carbocycles. The first-order valence-electron chi connectivity index (χ1n) is 5.09. The third-order valence-electron chi connectivity index (χ3n) is 2.30. The smallest absolute Gasteiger partial charge is 0.169 e. The average Bonchev–Trinajstić information content (AvgIpc) is 2.33. The minimum atomic E-state index is -0.206. The second-order valence-corrected chi connectivity index (χ2v) is 3.56. The van der Waals surface area contributed by atoms with E-state index in [9.17, 15) is 15.3 Å². The van der Waals surface area contributed by atoms with Crippen molar-refractivity contribution < 1.29 is 15.3 Å². The topological polar surface area (TPSA) is 111 Å². The molecule has 0 saturated heterocycles. The van der Waals surface area contributed by atoms with E-state index in [-0.39, 0.29) is 34.3 Å². The molecule has 18 heavy (non-hydrogen) atoms. The zero-order valence-corrected chi connectivity index (χ0v) is 9.28. The lowest BCUT2D eigenvalue weighted by Crippen LogP contribution is -1.83. The number of nitrogens with two attached hydrogens (primary N) is 1. The summed E-state index contributed by atoms with van der Waals surface area (Å²) >= 11 is 0. The largest absolute Gasteiger partial charge is 0.505 e. The maximum Gasteiger partial charge on any atom is 0.169 e. The molecular weight excluding hydrogens is 234 g/mol. The van der Waals surface area contributed by atoms with Gasteiger partial charge >= 0.3 is 0 Å². The van der Waals surface area contributed by atoms with Gasteiger partial charge in [0.15, 0.2) is 11.4 Å². The monoisotopic (exact) mass is 245 g/mol. The number of anilines is 1. The molecule has 0 fully saturated rings. The highest BCUT2D eigenvalue weighted by Gasteiger charge is 2.07. The minimum absolute atomic E-state index is 0.0701. The zero-order valence-electron chi connectivity index (χ0n) is 9.28. The number of nitrogens with zero attached hydrogens (tertiary/aromatic N) is 2. The van der Waals surface area contributed by atoms with Gasteiger partial charge in [-0.15, -0.1) is 10.2 Å². The van der Waals surface area contributed by atoms with Crippen LogP contribution in [-0.4, -0.2) is 15.3 Å². The van der Waals surface area contributed by atoms with E-state index in [1.54, 1.807) is 6.07 Å². The van der Waals surface area contributed by atoms with Crippen LogP contribution in [0.4, 0.5) is 17.1 Å². The van der Waals surface area contributed by atoms with Gasteiger partial charge in [-0.3, -0.25) is 0 Å². The number of para-hydroxylation sites is 1. The number of azo groups is 1. The number of phenols is 3. The number of rotatable bonds is 2. The number of nitrogen functional groups attached to an aromatic ring is 1. The standard InChI is InChI=1S/C12H11N3O3/c13-7-3-1-4-8(12(7)18)14-15-11-9(16)5-2-6-10(11)17/h1-6,16-18H,13H2/b15-14+. The van der Waals surface area contributed by atoms with Crippen LogP contribution in [0.2, 0.25) is 0 Å². The van der Waals surface area contributed by atoms with Crippen LogP contribution < -0.4 is 5.73 Å². The van der Waals surface area contributed by atoms with E-state index in [0.29, 0.717) is 0 Å². The summed E-state index contributed by atoms with van der Waals surface area (Å²) in [4.78, 5) is 0. The fourth-order valence-electron chi connectivity index (χ4n) is 1.36. The molecule has 0 atom stereocenters. The average molecular weight is 245 g/mol. The fraction of sp³-hybridized carbons (Fsp3) is 0. The second kappa shape index (κ2) is 4.62. The number of hydrogen-bond donors (Lipinski definition) is 4. The van der Waals surface area contributed by atoms with E-state index >= 15 is 0 Å². The van der Waals surface area contributed by atoms with E-state index < -0.39 is 0 Å². The molecule has 0 spiro atoms. The second-order valence-electron chi connectivity index (χ2n) is 3.56. The molecule has 0 amide bonds. The Bertz CT molecular complexity index is 591. The van der Waals surface area contributed by atoms with Gasteiger partial charge in [0.05, 0.1) is 5.69 Å². The normalized spacial score (nSPS) is 10.9. The predicted molar refractivity (Wildman–Crippen MR) is 66.5 cm³/mol. The first kappa shape index (κ1) is 11.7. The molecule has 0 radical (unpaired) electrons. The first-order valence-corrected chi connectivity index (χ1v) is 5.09. The summed E-state index contributed by atoms with van der Waals surface area (Å²) in [6, 6.07) is 8.84. The van der Waals surface area contributed by atoms with E-state index in [4.69, 9.17) is 5.73 Å². The number of hydrogen-bond acceptors (Lipinski definition) is 6. The molecule has 2 rings (SSSR count). The van der Waals surface area contributed by atoms with Crippen molar-refractivity contribution in [3.05, 3.63) is 36.4 Å². The SMILES string of the molecule is Nc1cccc(/N=N/c2c(O)cccc2O)c1O. The van der Waals surface area contributed by atoms with Crippen LogP contribution >= 0.6 is 0 Å². The Morgan fingerprint density at radius 3 is 2.11 bits per heavy atom. The number of benzene rings is 2. The van der Waals surface area contributed by atoms with Gasteiger partial charge in [-0.25, -0.2) is 0 Å². The number of phenolic OH excluding ortho intramolecular Hbond substituents is 3. The molecule has 0 heterocycles. The summed E-state index contributed by atoms with van der Waals surface area (Å²) in [6.45, 7) is 0. The molecule has 5 N–H and O–H groups in total. The van der Waals surface area contributed by atoms with Gasteiger partial charge in [-0.2, -0.15) is 0 Å². The highest BCUT2D eigenvalue weighted by molar-refractivity contribution is 5.66. The van der Waals surface area contributed by atoms with Crippen LogP contribution in [0.25, 0.3) is 0 Å². The molecule has 0 aromatic heterocycles. The van der Waals surface area contributed by atoms with Crippen molar-refractivity contribution in [1.82, 2.24) is 0 Å². The van der Waals surface area contributed by atoms with Crippen LogP contribution in [0.3, 0.4) is 0 Å². The molecule has 6 heteroatoms. The third kappa shape index (κ3) is 2.17. The van der Waals surface area contributed by atoms with Crippen molar-refractivity contribution in [2.75, 3.05) is 5.73 Å². The van der Waals surface area contributed by atoms with Crippen molar-refractivity contribution in [2.45, 2.75) is 0 Å². The van der Waals surface area contributed by atoms with Gasteiger partial charge in [0, 0.05) is 0 Å². The van der Waals surface area contributed by atoms with Crippen LogP contribution in [0.15, 0.2) is 46.6 Å². The molecule has 2 aromatic rings. The molecule has 0 bridgehead atoms. The summed E-state index contributed by atoms with van der Waals surface area (Å²) in [7, 11) is 0. The number of aromatic hydroxyl groups is 3. The summed E-state index contributed by atoms with van der Waals surface area (Å²) < 4.78 is 0. The van der Waals surface area contributed by atoms with Gasteiger partial charge in [0.2, 0.25) is 0 Å². The maximum atomic E-state index is 9.61. The van der Waals surface area contributed by atoms with Gasteiger partial charge < -0.3 is 21.1 Å². The Labute approximate surface area is 103 Å². The lowest BCUT2D eigenvalue weighted by Gasteiger charge is -2.02. The predicted octanol–water partition coefficient (Wildman–Crippen LogP) is 2.80. The Kier molecular flexibility index (Phi) is 3.01. The van der Waals surface area contributed by atoms with Crippen molar-refractivity contribution in [1.29, 1.82) is 0 Å².